The number of benzene rings is 2. The molecule has 102 valence electrons. The third kappa shape index (κ3) is 2.62. The van der Waals surface area contributed by atoms with Crippen LogP contribution in [0.4, 0.5) is 5.69 Å². The van der Waals surface area contributed by atoms with Crippen molar-refractivity contribution in [2.24, 2.45) is 0 Å². The van der Waals surface area contributed by atoms with E-state index in [9.17, 15) is 0 Å². The zero-order valence-corrected chi connectivity index (χ0v) is 11.7. The Kier molecular flexibility index (Phi) is 3.33. The summed E-state index contributed by atoms with van der Waals surface area (Å²) in [6, 6.07) is 14.4. The quantitative estimate of drug-likeness (QED) is 0.792. The van der Waals surface area contributed by atoms with Crippen LogP contribution in [0.5, 0.6) is 11.5 Å². The summed E-state index contributed by atoms with van der Waals surface area (Å²) >= 11 is 0. The number of nitrogens with zero attached hydrogens (tertiary/aromatic N) is 1. The molecule has 1 aliphatic rings. The fourth-order valence-electron chi connectivity index (χ4n) is 2.09. The molecule has 0 fully saturated rings. The predicted octanol–water partition coefficient (Wildman–Crippen LogP) is 3.65. The number of fused-ring (bicyclic) bond motifs is 1. The summed E-state index contributed by atoms with van der Waals surface area (Å²) < 4.78 is 10.7. The van der Waals surface area contributed by atoms with Crippen LogP contribution in [0.25, 0.3) is 12.2 Å². The van der Waals surface area contributed by atoms with E-state index in [1.165, 1.54) is 11.3 Å². The molecule has 20 heavy (non-hydrogen) atoms. The van der Waals surface area contributed by atoms with Crippen LogP contribution >= 0.6 is 0 Å². The third-order valence-electron chi connectivity index (χ3n) is 3.27. The molecular weight excluding hydrogens is 250 g/mol. The first kappa shape index (κ1) is 12.6. The van der Waals surface area contributed by atoms with E-state index >= 15 is 0 Å². The van der Waals surface area contributed by atoms with Gasteiger partial charge < -0.3 is 14.4 Å². The summed E-state index contributed by atoms with van der Waals surface area (Å²) in [5.41, 5.74) is 3.48. The van der Waals surface area contributed by atoms with Crippen molar-refractivity contribution in [2.45, 2.75) is 0 Å². The monoisotopic (exact) mass is 267 g/mol. The summed E-state index contributed by atoms with van der Waals surface area (Å²) in [6.45, 7) is 0.314. The van der Waals surface area contributed by atoms with E-state index in [-0.39, 0.29) is 0 Å². The lowest BCUT2D eigenvalue weighted by Gasteiger charge is -2.11. The second kappa shape index (κ2) is 5.29. The Labute approximate surface area is 119 Å². The maximum Gasteiger partial charge on any atom is 0.231 e. The molecule has 2 aromatic rings. The Morgan fingerprint density at radius 1 is 0.850 bits per heavy atom. The van der Waals surface area contributed by atoms with Gasteiger partial charge in [-0.1, -0.05) is 30.4 Å². The molecule has 1 heterocycles. The SMILES string of the molecule is CN(C)c1ccc(/C=C/c2ccc3c(c2)OCO3)cc1. The lowest BCUT2D eigenvalue weighted by Crippen LogP contribution is -2.07. The lowest BCUT2D eigenvalue weighted by molar-refractivity contribution is 0.174. The molecule has 3 nitrogen and oxygen atoms in total. The Morgan fingerprint density at radius 3 is 2.25 bits per heavy atom. The highest BCUT2D eigenvalue weighted by Gasteiger charge is 2.11. The fourth-order valence-corrected chi connectivity index (χ4v) is 2.09. The minimum absolute atomic E-state index is 0.314. The molecule has 3 rings (SSSR count). The average Bonchev–Trinajstić information content (AvgIpc) is 2.93. The number of hydrogen-bond acceptors (Lipinski definition) is 3. The highest BCUT2D eigenvalue weighted by molar-refractivity contribution is 5.71. The van der Waals surface area contributed by atoms with Crippen LogP contribution in [0.1, 0.15) is 11.1 Å². The molecule has 0 amide bonds. The summed E-state index contributed by atoms with van der Waals surface area (Å²) in [7, 11) is 4.08. The van der Waals surface area contributed by atoms with Crippen molar-refractivity contribution in [1.82, 2.24) is 0 Å². The molecule has 0 radical (unpaired) electrons. The van der Waals surface area contributed by atoms with Gasteiger partial charge in [-0.05, 0) is 35.4 Å². The van der Waals surface area contributed by atoms with Gasteiger partial charge in [0.1, 0.15) is 0 Å². The first-order valence-electron chi connectivity index (χ1n) is 6.57. The van der Waals surface area contributed by atoms with Gasteiger partial charge in [0.05, 0.1) is 0 Å². The average molecular weight is 267 g/mol. The van der Waals surface area contributed by atoms with Crippen LogP contribution in [0, 0.1) is 0 Å². The topological polar surface area (TPSA) is 21.7 Å². The summed E-state index contributed by atoms with van der Waals surface area (Å²) in [5.74, 6) is 1.63. The lowest BCUT2D eigenvalue weighted by atomic mass is 10.1. The molecule has 0 aliphatic carbocycles. The van der Waals surface area contributed by atoms with Crippen LogP contribution in [0.15, 0.2) is 42.5 Å². The van der Waals surface area contributed by atoms with Crippen LogP contribution in [0.2, 0.25) is 0 Å². The molecular formula is C17H17NO2. The number of rotatable bonds is 3. The molecule has 0 spiro atoms. The van der Waals surface area contributed by atoms with Gasteiger partial charge in [-0.15, -0.1) is 0 Å². The summed E-state index contributed by atoms with van der Waals surface area (Å²) in [5, 5.41) is 0. The molecule has 0 N–H and O–H groups in total. The summed E-state index contributed by atoms with van der Waals surface area (Å²) in [4.78, 5) is 2.09. The molecule has 2 aromatic carbocycles. The molecule has 0 saturated heterocycles. The van der Waals surface area contributed by atoms with Crippen molar-refractivity contribution in [3.8, 4) is 11.5 Å². The first-order chi connectivity index (χ1) is 9.72. The Bertz CT molecular complexity index is 630. The number of ether oxygens (including phenoxy) is 2. The van der Waals surface area contributed by atoms with Crippen LogP contribution in [-0.4, -0.2) is 20.9 Å². The molecule has 0 unspecified atom stereocenters. The standard InChI is InChI=1S/C17H17NO2/c1-18(2)15-8-5-13(6-9-15)3-4-14-7-10-16-17(11-14)20-12-19-16/h3-11H,12H2,1-2H3/b4-3+. The van der Waals surface area contributed by atoms with Gasteiger partial charge in [-0.3, -0.25) is 0 Å². The van der Waals surface area contributed by atoms with Gasteiger partial charge in [-0.25, -0.2) is 0 Å². The Hall–Kier alpha value is -2.42. The van der Waals surface area contributed by atoms with E-state index in [0.29, 0.717) is 6.79 Å². The zero-order chi connectivity index (χ0) is 13.9. The van der Waals surface area contributed by atoms with Gasteiger partial charge in [-0.2, -0.15) is 0 Å². The van der Waals surface area contributed by atoms with Crippen molar-refractivity contribution < 1.29 is 9.47 Å². The van der Waals surface area contributed by atoms with Crippen molar-refractivity contribution in [2.75, 3.05) is 25.8 Å². The van der Waals surface area contributed by atoms with E-state index in [4.69, 9.17) is 9.47 Å². The second-order valence-electron chi connectivity index (χ2n) is 4.93. The van der Waals surface area contributed by atoms with Gasteiger partial charge >= 0.3 is 0 Å². The Balaban J connectivity index is 1.76. The Morgan fingerprint density at radius 2 is 1.50 bits per heavy atom. The van der Waals surface area contributed by atoms with Crippen LogP contribution in [0.3, 0.4) is 0 Å². The maximum absolute atomic E-state index is 5.37. The van der Waals surface area contributed by atoms with Crippen molar-refractivity contribution in [3.63, 3.8) is 0 Å². The van der Waals surface area contributed by atoms with E-state index in [1.54, 1.807) is 0 Å². The van der Waals surface area contributed by atoms with Gasteiger partial charge in [0.15, 0.2) is 11.5 Å². The van der Waals surface area contributed by atoms with Gasteiger partial charge in [0.2, 0.25) is 6.79 Å². The van der Waals surface area contributed by atoms with E-state index < -0.39 is 0 Å². The van der Waals surface area contributed by atoms with Crippen molar-refractivity contribution in [1.29, 1.82) is 0 Å². The predicted molar refractivity (Wildman–Crippen MR) is 82.3 cm³/mol. The van der Waals surface area contributed by atoms with E-state index in [0.717, 1.165) is 17.1 Å². The fraction of sp³-hybridized carbons (Fsp3) is 0.176. The zero-order valence-electron chi connectivity index (χ0n) is 11.7. The van der Waals surface area contributed by atoms with Crippen molar-refractivity contribution in [3.05, 3.63) is 53.6 Å². The number of hydrogen-bond donors (Lipinski definition) is 0. The van der Waals surface area contributed by atoms with Gasteiger partial charge in [0.25, 0.3) is 0 Å². The normalized spacial score (nSPS) is 12.9. The highest BCUT2D eigenvalue weighted by atomic mass is 16.7. The third-order valence-corrected chi connectivity index (χ3v) is 3.27. The smallest absolute Gasteiger partial charge is 0.231 e. The van der Waals surface area contributed by atoms with Crippen LogP contribution < -0.4 is 14.4 Å². The maximum atomic E-state index is 5.37. The molecule has 0 atom stereocenters. The largest absolute Gasteiger partial charge is 0.454 e. The molecule has 1 aliphatic heterocycles. The number of anilines is 1. The molecule has 0 aromatic heterocycles. The van der Waals surface area contributed by atoms with Crippen molar-refractivity contribution >= 4 is 17.8 Å². The minimum Gasteiger partial charge on any atom is -0.454 e. The van der Waals surface area contributed by atoms with Crippen LogP contribution in [-0.2, 0) is 0 Å². The summed E-state index contributed by atoms with van der Waals surface area (Å²) in [6.07, 6.45) is 4.17. The first-order valence-corrected chi connectivity index (χ1v) is 6.57. The van der Waals surface area contributed by atoms with Gasteiger partial charge in [0, 0.05) is 19.8 Å². The molecule has 0 saturated carbocycles. The molecule has 3 heteroatoms. The molecule has 0 bridgehead atoms. The highest BCUT2D eigenvalue weighted by Crippen LogP contribution is 2.32. The van der Waals surface area contributed by atoms with E-state index in [1.807, 2.05) is 32.3 Å². The minimum atomic E-state index is 0.314. The second-order valence-corrected chi connectivity index (χ2v) is 4.93. The van der Waals surface area contributed by atoms with E-state index in [2.05, 4.69) is 41.3 Å².